The van der Waals surface area contributed by atoms with E-state index in [-0.39, 0.29) is 13.9 Å². The van der Waals surface area contributed by atoms with E-state index in [2.05, 4.69) is 4.72 Å². The molecule has 1 aliphatic rings. The Morgan fingerprint density at radius 2 is 2.28 bits per heavy atom. The van der Waals surface area contributed by atoms with Crippen molar-refractivity contribution in [2.75, 3.05) is 12.8 Å². The molecular formula is C10H14N2O2S4. The molecule has 1 saturated carbocycles. The number of thiophene rings is 1. The molecule has 0 aliphatic heterocycles. The van der Waals surface area contributed by atoms with Gasteiger partial charge in [-0.15, -0.1) is 11.3 Å². The molecule has 2 rings (SSSR count). The van der Waals surface area contributed by atoms with Gasteiger partial charge in [0.2, 0.25) is 10.0 Å². The first kappa shape index (κ1) is 14.3. The second-order valence-corrected chi connectivity index (χ2v) is 8.99. The lowest BCUT2D eigenvalue weighted by Crippen LogP contribution is -2.31. The lowest BCUT2D eigenvalue weighted by Gasteiger charge is -2.12. The van der Waals surface area contributed by atoms with Gasteiger partial charge in [0.25, 0.3) is 0 Å². The predicted octanol–water partition coefficient (Wildman–Crippen LogP) is 1.56. The molecule has 100 valence electrons. The van der Waals surface area contributed by atoms with Crippen LogP contribution < -0.4 is 10.5 Å². The van der Waals surface area contributed by atoms with Gasteiger partial charge in [0.05, 0.1) is 4.88 Å². The monoisotopic (exact) mass is 322 g/mol. The van der Waals surface area contributed by atoms with Crippen LogP contribution in [0.2, 0.25) is 0 Å². The average Bonchev–Trinajstić information content (AvgIpc) is 2.91. The zero-order chi connectivity index (χ0) is 13.4. The van der Waals surface area contributed by atoms with E-state index in [1.165, 1.54) is 0 Å². The third kappa shape index (κ3) is 3.05. The van der Waals surface area contributed by atoms with Crippen LogP contribution in [0.1, 0.15) is 17.7 Å². The summed E-state index contributed by atoms with van der Waals surface area (Å²) in [5.41, 5.74) is 5.47. The highest BCUT2D eigenvalue weighted by atomic mass is 32.2. The van der Waals surface area contributed by atoms with Crippen LogP contribution in [-0.4, -0.2) is 31.0 Å². The van der Waals surface area contributed by atoms with E-state index in [4.69, 9.17) is 18.0 Å². The summed E-state index contributed by atoms with van der Waals surface area (Å²) >= 11 is 7.64. The van der Waals surface area contributed by atoms with E-state index in [0.29, 0.717) is 11.4 Å². The third-order valence-electron chi connectivity index (χ3n) is 2.91. The van der Waals surface area contributed by atoms with Crippen LogP contribution in [-0.2, 0) is 10.0 Å². The van der Waals surface area contributed by atoms with E-state index >= 15 is 0 Å². The van der Waals surface area contributed by atoms with Gasteiger partial charge in [0, 0.05) is 11.3 Å². The molecule has 1 aromatic rings. The maximum Gasteiger partial charge on any atom is 0.250 e. The number of hydrogen-bond donors (Lipinski definition) is 2. The first-order valence-electron chi connectivity index (χ1n) is 5.33. The highest BCUT2D eigenvalue weighted by Gasteiger charge is 2.42. The molecule has 1 aromatic heterocycles. The first-order chi connectivity index (χ1) is 8.38. The van der Waals surface area contributed by atoms with Gasteiger partial charge >= 0.3 is 0 Å². The lowest BCUT2D eigenvalue weighted by molar-refractivity contribution is 0.582. The van der Waals surface area contributed by atoms with Crippen molar-refractivity contribution in [3.05, 3.63) is 17.0 Å². The molecule has 18 heavy (non-hydrogen) atoms. The predicted molar refractivity (Wildman–Crippen MR) is 80.9 cm³/mol. The van der Waals surface area contributed by atoms with Gasteiger partial charge in [-0.25, -0.2) is 13.1 Å². The summed E-state index contributed by atoms with van der Waals surface area (Å²) in [6, 6.07) is 3.18. The maximum atomic E-state index is 12.1. The SMILES string of the molecule is CSC1(CNS(=O)(=O)c2ccc(C(N)=S)s2)CC1. The molecule has 0 saturated heterocycles. The van der Waals surface area contributed by atoms with E-state index in [1.807, 2.05) is 6.26 Å². The topological polar surface area (TPSA) is 72.2 Å². The second kappa shape index (κ2) is 5.09. The number of nitrogens with one attached hydrogen (secondary N) is 1. The Morgan fingerprint density at radius 1 is 1.61 bits per heavy atom. The summed E-state index contributed by atoms with van der Waals surface area (Å²) in [6.45, 7) is 0.483. The molecular weight excluding hydrogens is 308 g/mol. The van der Waals surface area contributed by atoms with E-state index in [1.54, 1.807) is 23.9 Å². The van der Waals surface area contributed by atoms with Crippen molar-refractivity contribution in [2.45, 2.75) is 21.8 Å². The number of thioether (sulfide) groups is 1. The number of rotatable bonds is 6. The number of thiocarbonyl (C=S) groups is 1. The number of hydrogen-bond acceptors (Lipinski definition) is 5. The highest BCUT2D eigenvalue weighted by Crippen LogP contribution is 2.46. The molecule has 0 spiro atoms. The van der Waals surface area contributed by atoms with Gasteiger partial charge < -0.3 is 5.73 Å². The molecule has 0 bridgehead atoms. The molecule has 0 atom stereocenters. The Labute approximate surface area is 120 Å². The summed E-state index contributed by atoms with van der Waals surface area (Å²) in [4.78, 5) is 0.848. The molecule has 1 aliphatic carbocycles. The van der Waals surface area contributed by atoms with E-state index in [0.717, 1.165) is 24.2 Å². The maximum absolute atomic E-state index is 12.1. The molecule has 1 fully saturated rings. The van der Waals surface area contributed by atoms with Crippen LogP contribution in [0.5, 0.6) is 0 Å². The Hall–Kier alpha value is -0.150. The fraction of sp³-hybridized carbons (Fsp3) is 0.500. The summed E-state index contributed by atoms with van der Waals surface area (Å²) < 4.78 is 27.2. The van der Waals surface area contributed by atoms with Crippen molar-refractivity contribution in [2.24, 2.45) is 5.73 Å². The summed E-state index contributed by atoms with van der Waals surface area (Å²) in [7, 11) is -3.44. The minimum atomic E-state index is -3.44. The van der Waals surface area contributed by atoms with Crippen LogP contribution in [0.15, 0.2) is 16.3 Å². The molecule has 4 nitrogen and oxygen atoms in total. The van der Waals surface area contributed by atoms with Crippen LogP contribution in [0.25, 0.3) is 0 Å². The van der Waals surface area contributed by atoms with Crippen LogP contribution >= 0.6 is 35.3 Å². The van der Waals surface area contributed by atoms with Crippen molar-refractivity contribution < 1.29 is 8.42 Å². The lowest BCUT2D eigenvalue weighted by atomic mass is 10.4. The van der Waals surface area contributed by atoms with Crippen molar-refractivity contribution in [1.29, 1.82) is 0 Å². The van der Waals surface area contributed by atoms with Crippen LogP contribution in [0, 0.1) is 0 Å². The van der Waals surface area contributed by atoms with E-state index < -0.39 is 10.0 Å². The highest BCUT2D eigenvalue weighted by molar-refractivity contribution is 8.00. The van der Waals surface area contributed by atoms with Crippen molar-refractivity contribution in [3.8, 4) is 0 Å². The first-order valence-corrected chi connectivity index (χ1v) is 9.26. The quantitative estimate of drug-likeness (QED) is 0.778. The standard InChI is InChI=1S/C10H14N2O2S4/c1-16-10(4-5-10)6-12-18(13,14)8-3-2-7(17-8)9(11)15/h2-3,12H,4-6H2,1H3,(H2,11,15). The Balaban J connectivity index is 2.08. The van der Waals surface area contributed by atoms with Crippen molar-refractivity contribution in [3.63, 3.8) is 0 Å². The van der Waals surface area contributed by atoms with Crippen LogP contribution in [0.4, 0.5) is 0 Å². The van der Waals surface area contributed by atoms with E-state index in [9.17, 15) is 8.42 Å². The largest absolute Gasteiger partial charge is 0.389 e. The molecule has 3 N–H and O–H groups in total. The minimum Gasteiger partial charge on any atom is -0.389 e. The van der Waals surface area contributed by atoms with Crippen molar-refractivity contribution in [1.82, 2.24) is 4.72 Å². The fourth-order valence-electron chi connectivity index (χ4n) is 1.49. The molecule has 0 radical (unpaired) electrons. The molecule has 0 amide bonds. The zero-order valence-corrected chi connectivity index (χ0v) is 13.1. The molecule has 0 aromatic carbocycles. The van der Waals surface area contributed by atoms with Gasteiger partial charge in [0.15, 0.2) is 0 Å². The molecule has 0 unspecified atom stereocenters. The van der Waals surface area contributed by atoms with Gasteiger partial charge in [-0.05, 0) is 31.2 Å². The van der Waals surface area contributed by atoms with Gasteiger partial charge in [-0.1, -0.05) is 12.2 Å². The summed E-state index contributed by atoms with van der Waals surface area (Å²) in [5.74, 6) is 0. The fourth-order valence-corrected chi connectivity index (χ4v) is 4.83. The Morgan fingerprint density at radius 3 is 2.72 bits per heavy atom. The van der Waals surface area contributed by atoms with Crippen LogP contribution in [0.3, 0.4) is 0 Å². The minimum absolute atomic E-state index is 0.107. The Bertz CT molecular complexity index is 560. The second-order valence-electron chi connectivity index (χ2n) is 4.19. The molecule has 8 heteroatoms. The molecule has 1 heterocycles. The average molecular weight is 323 g/mol. The Kier molecular flexibility index (Phi) is 4.03. The summed E-state index contributed by atoms with van der Waals surface area (Å²) in [5, 5.41) is 0. The summed E-state index contributed by atoms with van der Waals surface area (Å²) in [6.07, 6.45) is 4.15. The van der Waals surface area contributed by atoms with Crippen molar-refractivity contribution >= 4 is 50.3 Å². The van der Waals surface area contributed by atoms with Gasteiger partial charge in [-0.3, -0.25) is 0 Å². The normalized spacial score (nSPS) is 17.6. The van der Waals surface area contributed by atoms with Gasteiger partial charge in [0.1, 0.15) is 9.20 Å². The zero-order valence-electron chi connectivity index (χ0n) is 9.80. The van der Waals surface area contributed by atoms with Gasteiger partial charge in [-0.2, -0.15) is 11.8 Å². The number of nitrogens with two attached hydrogens (primary N) is 1. The smallest absolute Gasteiger partial charge is 0.250 e. The third-order valence-corrected chi connectivity index (χ3v) is 7.69. The number of sulfonamides is 1.